The van der Waals surface area contributed by atoms with Crippen LogP contribution in [0.25, 0.3) is 10.2 Å². The number of fused-ring (bicyclic) bond motifs is 3. The number of hydrogen-bond acceptors (Lipinski definition) is 5. The Kier molecular flexibility index (Phi) is 4.89. The van der Waals surface area contributed by atoms with E-state index < -0.39 is 0 Å². The number of carbonyl (C=O) groups is 1. The standard InChI is InChI=1S/C11H12N2OS.C3H6O2/c1-6-2-3-7-8(4-6)15-11-9(7)10(14)12-5-13-11;1-2-5-3-4/h5-6H,2-4H2,1H3,(H,12,13,14);3H,2H2,1H3. The molecule has 1 aliphatic rings. The number of rotatable bonds is 2. The lowest BCUT2D eigenvalue weighted by Crippen LogP contribution is -2.12. The van der Waals surface area contributed by atoms with Crippen LogP contribution in [-0.4, -0.2) is 23.0 Å². The third-order valence-corrected chi connectivity index (χ3v) is 4.49. The van der Waals surface area contributed by atoms with Crippen molar-refractivity contribution in [3.8, 4) is 0 Å². The zero-order valence-corrected chi connectivity index (χ0v) is 12.5. The van der Waals surface area contributed by atoms with E-state index in [1.54, 1.807) is 18.3 Å². The van der Waals surface area contributed by atoms with E-state index in [4.69, 9.17) is 0 Å². The summed E-state index contributed by atoms with van der Waals surface area (Å²) >= 11 is 1.69. The van der Waals surface area contributed by atoms with Crippen LogP contribution >= 0.6 is 11.3 Å². The monoisotopic (exact) mass is 294 g/mol. The van der Waals surface area contributed by atoms with Crippen molar-refractivity contribution in [3.05, 3.63) is 27.1 Å². The van der Waals surface area contributed by atoms with Gasteiger partial charge in [0, 0.05) is 4.88 Å². The number of nitrogens with zero attached hydrogens (tertiary/aromatic N) is 1. The van der Waals surface area contributed by atoms with Crippen molar-refractivity contribution < 1.29 is 9.53 Å². The number of aromatic amines is 1. The van der Waals surface area contributed by atoms with Crippen LogP contribution in [0, 0.1) is 5.92 Å². The van der Waals surface area contributed by atoms with Crippen molar-refractivity contribution in [1.82, 2.24) is 9.97 Å². The fraction of sp³-hybridized carbons (Fsp3) is 0.500. The van der Waals surface area contributed by atoms with Crippen LogP contribution in [0.5, 0.6) is 0 Å². The van der Waals surface area contributed by atoms with Gasteiger partial charge in [-0.1, -0.05) is 6.92 Å². The van der Waals surface area contributed by atoms with Gasteiger partial charge in [-0.2, -0.15) is 0 Å². The summed E-state index contributed by atoms with van der Waals surface area (Å²) in [4.78, 5) is 30.1. The number of thiophene rings is 1. The number of aromatic nitrogens is 2. The van der Waals surface area contributed by atoms with E-state index in [2.05, 4.69) is 21.6 Å². The van der Waals surface area contributed by atoms with Crippen molar-refractivity contribution in [2.75, 3.05) is 6.61 Å². The van der Waals surface area contributed by atoms with Crippen LogP contribution in [0.2, 0.25) is 0 Å². The topological polar surface area (TPSA) is 72.1 Å². The maximum absolute atomic E-state index is 11.7. The SMILES string of the molecule is CC1CCc2c(sc3nc[nH]c(=O)c23)C1.CCOC=O. The van der Waals surface area contributed by atoms with E-state index in [0.29, 0.717) is 13.1 Å². The first kappa shape index (κ1) is 14.7. The van der Waals surface area contributed by atoms with Crippen molar-refractivity contribution in [3.63, 3.8) is 0 Å². The molecule has 0 radical (unpaired) electrons. The van der Waals surface area contributed by atoms with Crippen molar-refractivity contribution in [1.29, 1.82) is 0 Å². The number of aryl methyl sites for hydroxylation is 1. The molecule has 1 aliphatic carbocycles. The lowest BCUT2D eigenvalue weighted by Gasteiger charge is -2.17. The van der Waals surface area contributed by atoms with Crippen LogP contribution in [0.4, 0.5) is 0 Å². The summed E-state index contributed by atoms with van der Waals surface area (Å²) < 4.78 is 4.15. The van der Waals surface area contributed by atoms with Crippen LogP contribution in [0.3, 0.4) is 0 Å². The molecule has 0 bridgehead atoms. The Bertz CT molecular complexity index is 647. The van der Waals surface area contributed by atoms with E-state index in [1.165, 1.54) is 23.2 Å². The van der Waals surface area contributed by atoms with Crippen molar-refractivity contribution in [2.45, 2.75) is 33.1 Å². The lowest BCUT2D eigenvalue weighted by molar-refractivity contribution is -0.128. The summed E-state index contributed by atoms with van der Waals surface area (Å²) in [6, 6.07) is 0. The molecule has 1 unspecified atom stereocenters. The van der Waals surface area contributed by atoms with Gasteiger partial charge in [-0.3, -0.25) is 9.59 Å². The van der Waals surface area contributed by atoms with Gasteiger partial charge in [-0.05, 0) is 37.7 Å². The summed E-state index contributed by atoms with van der Waals surface area (Å²) in [7, 11) is 0. The van der Waals surface area contributed by atoms with Gasteiger partial charge in [0.1, 0.15) is 4.83 Å². The maximum atomic E-state index is 11.7. The lowest BCUT2D eigenvalue weighted by atomic mass is 9.89. The van der Waals surface area contributed by atoms with Gasteiger partial charge < -0.3 is 9.72 Å². The van der Waals surface area contributed by atoms with Gasteiger partial charge in [0.15, 0.2) is 0 Å². The van der Waals surface area contributed by atoms with Gasteiger partial charge in [0.25, 0.3) is 12.0 Å². The Morgan fingerprint density at radius 3 is 3.05 bits per heavy atom. The predicted molar refractivity (Wildman–Crippen MR) is 79.1 cm³/mol. The number of H-pyrrole nitrogens is 1. The highest BCUT2D eigenvalue weighted by atomic mass is 32.1. The zero-order chi connectivity index (χ0) is 14.5. The van der Waals surface area contributed by atoms with E-state index >= 15 is 0 Å². The summed E-state index contributed by atoms with van der Waals surface area (Å²) in [5.41, 5.74) is 1.27. The third-order valence-electron chi connectivity index (χ3n) is 3.33. The van der Waals surface area contributed by atoms with Gasteiger partial charge in [0.2, 0.25) is 0 Å². The normalized spacial score (nSPS) is 17.0. The average Bonchev–Trinajstić information content (AvgIpc) is 2.79. The second-order valence-electron chi connectivity index (χ2n) is 4.82. The molecular formula is C14H18N2O3S. The molecule has 3 rings (SSSR count). The second kappa shape index (κ2) is 6.65. The fourth-order valence-corrected chi connectivity index (χ4v) is 3.70. The van der Waals surface area contributed by atoms with Crippen LogP contribution in [-0.2, 0) is 22.4 Å². The van der Waals surface area contributed by atoms with Crippen molar-refractivity contribution in [2.24, 2.45) is 5.92 Å². The van der Waals surface area contributed by atoms with E-state index in [9.17, 15) is 9.59 Å². The smallest absolute Gasteiger partial charge is 0.293 e. The highest BCUT2D eigenvalue weighted by Crippen LogP contribution is 2.35. The van der Waals surface area contributed by atoms with Gasteiger partial charge in [-0.25, -0.2) is 4.98 Å². The summed E-state index contributed by atoms with van der Waals surface area (Å²) in [5.74, 6) is 0.740. The molecule has 2 aromatic rings. The molecule has 5 nitrogen and oxygen atoms in total. The molecule has 20 heavy (non-hydrogen) atoms. The van der Waals surface area contributed by atoms with Gasteiger partial charge in [0.05, 0.1) is 18.3 Å². The molecule has 6 heteroatoms. The highest BCUT2D eigenvalue weighted by Gasteiger charge is 2.21. The van der Waals surface area contributed by atoms with E-state index in [1.807, 2.05) is 0 Å². The van der Waals surface area contributed by atoms with E-state index in [-0.39, 0.29) is 5.56 Å². The van der Waals surface area contributed by atoms with Crippen LogP contribution < -0.4 is 5.56 Å². The Hall–Kier alpha value is -1.69. The molecule has 2 heterocycles. The molecule has 0 saturated carbocycles. The number of ether oxygens (including phenoxy) is 1. The number of carbonyl (C=O) groups excluding carboxylic acids is 1. The fourth-order valence-electron chi connectivity index (χ4n) is 2.35. The first-order valence-corrected chi connectivity index (χ1v) is 7.52. The zero-order valence-electron chi connectivity index (χ0n) is 11.6. The highest BCUT2D eigenvalue weighted by molar-refractivity contribution is 7.18. The average molecular weight is 294 g/mol. The molecule has 0 aliphatic heterocycles. The Morgan fingerprint density at radius 2 is 2.40 bits per heavy atom. The summed E-state index contributed by atoms with van der Waals surface area (Å²) in [5, 5.41) is 0.837. The molecule has 0 spiro atoms. The van der Waals surface area contributed by atoms with E-state index in [0.717, 1.165) is 29.0 Å². The molecule has 0 saturated heterocycles. The Labute approximate surface area is 121 Å². The molecule has 1 N–H and O–H groups in total. The molecule has 1 atom stereocenters. The van der Waals surface area contributed by atoms with Gasteiger partial charge in [-0.15, -0.1) is 11.3 Å². The molecule has 2 aromatic heterocycles. The predicted octanol–water partition coefficient (Wildman–Crippen LogP) is 2.29. The third kappa shape index (κ3) is 3.07. The number of nitrogens with one attached hydrogen (secondary N) is 1. The van der Waals surface area contributed by atoms with Gasteiger partial charge >= 0.3 is 0 Å². The molecular weight excluding hydrogens is 276 g/mol. The molecule has 0 fully saturated rings. The minimum atomic E-state index is 0.0204. The minimum Gasteiger partial charge on any atom is -0.468 e. The first-order valence-electron chi connectivity index (χ1n) is 6.70. The molecule has 108 valence electrons. The van der Waals surface area contributed by atoms with Crippen molar-refractivity contribution >= 4 is 28.0 Å². The summed E-state index contributed by atoms with van der Waals surface area (Å²) in [6.45, 7) is 4.93. The number of hydrogen-bond donors (Lipinski definition) is 1. The summed E-state index contributed by atoms with van der Waals surface area (Å²) in [6.07, 6.45) is 4.82. The minimum absolute atomic E-state index is 0.0204. The molecule has 0 aromatic carbocycles. The second-order valence-corrected chi connectivity index (χ2v) is 5.90. The van der Waals surface area contributed by atoms with Crippen LogP contribution in [0.15, 0.2) is 11.1 Å². The Balaban J connectivity index is 0.000000257. The Morgan fingerprint density at radius 1 is 1.60 bits per heavy atom. The molecule has 0 amide bonds. The first-order chi connectivity index (χ1) is 9.67. The largest absolute Gasteiger partial charge is 0.468 e. The van der Waals surface area contributed by atoms with Crippen LogP contribution in [0.1, 0.15) is 30.7 Å². The maximum Gasteiger partial charge on any atom is 0.293 e. The quantitative estimate of drug-likeness (QED) is 0.863.